The average Bonchev–Trinajstić information content (AvgIpc) is 2.69. The number of nitrogens with one attached hydrogen (secondary N) is 1. The summed E-state index contributed by atoms with van der Waals surface area (Å²) in [6.07, 6.45) is 7.06. The van der Waals surface area contributed by atoms with Crippen molar-refractivity contribution in [1.29, 1.82) is 0 Å². The zero-order chi connectivity index (χ0) is 10.8. The van der Waals surface area contributed by atoms with Gasteiger partial charge in [0.25, 0.3) is 0 Å². The van der Waals surface area contributed by atoms with E-state index < -0.39 is 0 Å². The van der Waals surface area contributed by atoms with Gasteiger partial charge < -0.3 is 9.72 Å². The first-order valence-electron chi connectivity index (χ1n) is 4.42. The van der Waals surface area contributed by atoms with E-state index in [1.165, 1.54) is 7.11 Å². The minimum Gasteiger partial charge on any atom is -0.465 e. The summed E-state index contributed by atoms with van der Waals surface area (Å²) in [6, 6.07) is 5.23. The molecular weight excluding hydrogens is 190 g/mol. The van der Waals surface area contributed by atoms with Crippen LogP contribution in [-0.4, -0.2) is 18.1 Å². The highest BCUT2D eigenvalue weighted by Gasteiger charge is 2.07. The normalized spacial score (nSPS) is 9.87. The van der Waals surface area contributed by atoms with Gasteiger partial charge in [0, 0.05) is 22.7 Å². The van der Waals surface area contributed by atoms with Crippen LogP contribution in [0, 0.1) is 12.3 Å². The molecule has 0 aliphatic heterocycles. The molecule has 1 aromatic heterocycles. The lowest BCUT2D eigenvalue weighted by atomic mass is 10.1. The molecule has 2 rings (SSSR count). The molecule has 0 bridgehead atoms. The molecule has 1 aromatic carbocycles. The molecule has 0 spiro atoms. The third-order valence-corrected chi connectivity index (χ3v) is 2.26. The quantitative estimate of drug-likeness (QED) is 0.563. The van der Waals surface area contributed by atoms with Gasteiger partial charge in [0.1, 0.15) is 0 Å². The maximum absolute atomic E-state index is 11.3. The zero-order valence-corrected chi connectivity index (χ0v) is 8.20. The first-order chi connectivity index (χ1) is 7.26. The average molecular weight is 199 g/mol. The van der Waals surface area contributed by atoms with Gasteiger partial charge in [-0.25, -0.2) is 4.79 Å². The van der Waals surface area contributed by atoms with Gasteiger partial charge in [-0.3, -0.25) is 0 Å². The SMILES string of the molecule is C#Cc1c[nH]c2cc(C(=O)OC)ccc12. The molecule has 3 nitrogen and oxygen atoms in total. The van der Waals surface area contributed by atoms with Crippen molar-refractivity contribution in [2.24, 2.45) is 0 Å². The standard InChI is InChI=1S/C12H9NO2/c1-3-8-7-13-11-6-9(12(14)15-2)4-5-10(8)11/h1,4-7,13H,2H3. The number of carbonyl (C=O) groups excluding carboxylic acids is 1. The fourth-order valence-electron chi connectivity index (χ4n) is 1.49. The van der Waals surface area contributed by atoms with Gasteiger partial charge in [-0.2, -0.15) is 0 Å². The second-order valence-electron chi connectivity index (χ2n) is 3.10. The lowest BCUT2D eigenvalue weighted by Crippen LogP contribution is -2.00. The number of hydrogen-bond acceptors (Lipinski definition) is 2. The summed E-state index contributed by atoms with van der Waals surface area (Å²) in [7, 11) is 1.36. The van der Waals surface area contributed by atoms with Crippen LogP contribution in [-0.2, 0) is 4.74 Å². The van der Waals surface area contributed by atoms with E-state index in [0.29, 0.717) is 5.56 Å². The molecule has 1 heterocycles. The number of H-pyrrole nitrogens is 1. The number of hydrogen-bond donors (Lipinski definition) is 1. The van der Waals surface area contributed by atoms with Gasteiger partial charge >= 0.3 is 5.97 Å². The Hall–Kier alpha value is -2.21. The van der Waals surface area contributed by atoms with Crippen LogP contribution in [0.4, 0.5) is 0 Å². The number of aromatic nitrogens is 1. The lowest BCUT2D eigenvalue weighted by Gasteiger charge is -1.98. The number of fused-ring (bicyclic) bond motifs is 1. The topological polar surface area (TPSA) is 42.1 Å². The van der Waals surface area contributed by atoms with Crippen LogP contribution in [0.25, 0.3) is 10.9 Å². The van der Waals surface area contributed by atoms with Crippen LogP contribution in [0.5, 0.6) is 0 Å². The fourth-order valence-corrected chi connectivity index (χ4v) is 1.49. The third kappa shape index (κ3) is 1.46. The highest BCUT2D eigenvalue weighted by atomic mass is 16.5. The third-order valence-electron chi connectivity index (χ3n) is 2.26. The molecule has 0 fully saturated rings. The molecule has 0 aliphatic carbocycles. The van der Waals surface area contributed by atoms with Crippen molar-refractivity contribution >= 4 is 16.9 Å². The van der Waals surface area contributed by atoms with Crippen molar-refractivity contribution < 1.29 is 9.53 Å². The van der Waals surface area contributed by atoms with E-state index in [4.69, 9.17) is 6.42 Å². The molecule has 0 amide bonds. The second-order valence-corrected chi connectivity index (χ2v) is 3.10. The molecule has 15 heavy (non-hydrogen) atoms. The largest absolute Gasteiger partial charge is 0.465 e. The Kier molecular flexibility index (Phi) is 2.18. The lowest BCUT2D eigenvalue weighted by molar-refractivity contribution is 0.0601. The number of rotatable bonds is 1. The number of esters is 1. The number of carbonyl (C=O) groups is 1. The number of aromatic amines is 1. The van der Waals surface area contributed by atoms with E-state index in [1.54, 1.807) is 18.3 Å². The van der Waals surface area contributed by atoms with E-state index >= 15 is 0 Å². The van der Waals surface area contributed by atoms with Crippen LogP contribution < -0.4 is 0 Å². The van der Waals surface area contributed by atoms with Gasteiger partial charge in [0.2, 0.25) is 0 Å². The summed E-state index contributed by atoms with van der Waals surface area (Å²) in [4.78, 5) is 14.3. The maximum atomic E-state index is 11.3. The van der Waals surface area contributed by atoms with E-state index in [9.17, 15) is 4.79 Å². The van der Waals surface area contributed by atoms with Crippen LogP contribution in [0.15, 0.2) is 24.4 Å². The number of benzene rings is 1. The Morgan fingerprint density at radius 3 is 3.00 bits per heavy atom. The molecule has 0 saturated heterocycles. The Balaban J connectivity index is 2.59. The van der Waals surface area contributed by atoms with Gasteiger partial charge in [-0.15, -0.1) is 6.42 Å². The highest BCUT2D eigenvalue weighted by molar-refractivity contribution is 5.96. The molecule has 0 saturated carbocycles. The smallest absolute Gasteiger partial charge is 0.337 e. The molecule has 1 N–H and O–H groups in total. The Labute approximate surface area is 87.1 Å². The van der Waals surface area contributed by atoms with Crippen molar-refractivity contribution in [3.63, 3.8) is 0 Å². The molecule has 3 heteroatoms. The van der Waals surface area contributed by atoms with E-state index in [2.05, 4.69) is 15.6 Å². The second kappa shape index (κ2) is 3.50. The Morgan fingerprint density at radius 2 is 2.33 bits per heavy atom. The predicted octanol–water partition coefficient (Wildman–Crippen LogP) is 1.94. The van der Waals surface area contributed by atoms with Crippen molar-refractivity contribution in [3.05, 3.63) is 35.5 Å². The summed E-state index contributed by atoms with van der Waals surface area (Å²) in [5, 5.41) is 0.935. The van der Waals surface area contributed by atoms with Crippen molar-refractivity contribution in [2.45, 2.75) is 0 Å². The zero-order valence-electron chi connectivity index (χ0n) is 8.20. The van der Waals surface area contributed by atoms with Crippen LogP contribution in [0.1, 0.15) is 15.9 Å². The fraction of sp³-hybridized carbons (Fsp3) is 0.0833. The molecular formula is C12H9NO2. The van der Waals surface area contributed by atoms with Crippen LogP contribution in [0.3, 0.4) is 0 Å². The maximum Gasteiger partial charge on any atom is 0.337 e. The summed E-state index contributed by atoms with van der Waals surface area (Å²) >= 11 is 0. The molecule has 0 aliphatic rings. The van der Waals surface area contributed by atoms with Crippen molar-refractivity contribution in [2.75, 3.05) is 7.11 Å². The minimum absolute atomic E-state index is 0.353. The summed E-state index contributed by atoms with van der Waals surface area (Å²) < 4.78 is 4.63. The van der Waals surface area contributed by atoms with Crippen LogP contribution in [0.2, 0.25) is 0 Å². The van der Waals surface area contributed by atoms with E-state index in [-0.39, 0.29) is 5.97 Å². The number of terminal acetylenes is 1. The van der Waals surface area contributed by atoms with Gasteiger partial charge in [0.15, 0.2) is 0 Å². The van der Waals surface area contributed by atoms with Gasteiger partial charge in [-0.1, -0.05) is 12.0 Å². The number of ether oxygens (including phenoxy) is 1. The molecule has 2 aromatic rings. The van der Waals surface area contributed by atoms with Crippen LogP contribution >= 0.6 is 0 Å². The first-order valence-corrected chi connectivity index (χ1v) is 4.42. The van der Waals surface area contributed by atoms with E-state index in [1.807, 2.05) is 6.07 Å². The summed E-state index contributed by atoms with van der Waals surface area (Å²) in [5.41, 5.74) is 2.14. The Morgan fingerprint density at radius 1 is 1.53 bits per heavy atom. The van der Waals surface area contributed by atoms with Gasteiger partial charge in [-0.05, 0) is 12.1 Å². The predicted molar refractivity (Wildman–Crippen MR) is 57.6 cm³/mol. The summed E-state index contributed by atoms with van der Waals surface area (Å²) in [5.74, 6) is 2.21. The Bertz CT molecular complexity index is 560. The number of methoxy groups -OCH3 is 1. The van der Waals surface area contributed by atoms with Crippen molar-refractivity contribution in [1.82, 2.24) is 4.98 Å². The van der Waals surface area contributed by atoms with E-state index in [0.717, 1.165) is 16.5 Å². The monoisotopic (exact) mass is 199 g/mol. The van der Waals surface area contributed by atoms with Gasteiger partial charge in [0.05, 0.1) is 12.7 Å². The highest BCUT2D eigenvalue weighted by Crippen LogP contribution is 2.19. The minimum atomic E-state index is -0.353. The molecule has 74 valence electrons. The molecule has 0 atom stereocenters. The summed E-state index contributed by atoms with van der Waals surface area (Å²) in [6.45, 7) is 0. The molecule has 0 radical (unpaired) electrons. The van der Waals surface area contributed by atoms with Crippen molar-refractivity contribution in [3.8, 4) is 12.3 Å². The molecule has 0 unspecified atom stereocenters. The first kappa shape index (κ1) is 9.35.